The largest absolute Gasteiger partial charge is 0.291 e. The molecule has 1 heterocycles. The van der Waals surface area contributed by atoms with Crippen molar-refractivity contribution in [2.75, 3.05) is 5.32 Å². The summed E-state index contributed by atoms with van der Waals surface area (Å²) in [5.41, 5.74) is 0.593. The predicted molar refractivity (Wildman–Crippen MR) is 76.2 cm³/mol. The number of anilines is 1. The zero-order valence-electron chi connectivity index (χ0n) is 9.68. The quantitative estimate of drug-likeness (QED) is 0.882. The van der Waals surface area contributed by atoms with Crippen molar-refractivity contribution in [2.24, 2.45) is 0 Å². The lowest BCUT2D eigenvalue weighted by molar-refractivity contribution is -0.111. The third-order valence-electron chi connectivity index (χ3n) is 2.20. The molecule has 0 unspecified atom stereocenters. The minimum Gasteiger partial charge on any atom is -0.291 e. The molecule has 0 saturated carbocycles. The Morgan fingerprint density at radius 2 is 1.74 bits per heavy atom. The Morgan fingerprint density at radius 3 is 2.37 bits per heavy atom. The van der Waals surface area contributed by atoms with Crippen molar-refractivity contribution < 1.29 is 4.79 Å². The van der Waals surface area contributed by atoms with E-state index in [1.165, 1.54) is 18.5 Å². The van der Waals surface area contributed by atoms with Crippen LogP contribution in [0.2, 0.25) is 10.0 Å². The fraction of sp³-hybridized carbons (Fsp3) is 0. The molecule has 1 amide bonds. The van der Waals surface area contributed by atoms with Crippen LogP contribution in [0.1, 0.15) is 5.56 Å². The highest BCUT2D eigenvalue weighted by atomic mass is 35.5. The third-order valence-corrected chi connectivity index (χ3v) is 2.86. The third kappa shape index (κ3) is 3.77. The molecule has 19 heavy (non-hydrogen) atoms. The molecule has 0 fully saturated rings. The Kier molecular flexibility index (Phi) is 4.49. The van der Waals surface area contributed by atoms with Crippen LogP contribution in [0.3, 0.4) is 0 Å². The highest BCUT2D eigenvalue weighted by molar-refractivity contribution is 6.37. The van der Waals surface area contributed by atoms with Gasteiger partial charge in [0.1, 0.15) is 0 Å². The molecule has 0 atom stereocenters. The van der Waals surface area contributed by atoms with Gasteiger partial charge in [-0.1, -0.05) is 29.3 Å². The van der Waals surface area contributed by atoms with Crippen LogP contribution in [0.15, 0.2) is 42.7 Å². The molecular formula is C13H9Cl2N3O. The number of hydrogen-bond donors (Lipinski definition) is 1. The maximum atomic E-state index is 11.6. The van der Waals surface area contributed by atoms with Crippen molar-refractivity contribution in [3.8, 4) is 0 Å². The van der Waals surface area contributed by atoms with Crippen LogP contribution in [0.4, 0.5) is 5.95 Å². The molecule has 4 nitrogen and oxygen atoms in total. The molecular weight excluding hydrogens is 285 g/mol. The predicted octanol–water partition coefficient (Wildman–Crippen LogP) is 3.44. The normalized spacial score (nSPS) is 10.6. The first-order valence-corrected chi connectivity index (χ1v) is 6.12. The highest BCUT2D eigenvalue weighted by Crippen LogP contribution is 2.25. The molecule has 0 aliphatic carbocycles. The standard InChI is InChI=1S/C13H9Cl2N3O/c14-10-3-1-4-11(15)9(10)5-6-12(19)18-13-16-7-2-8-17-13/h1-8H,(H,16,17,18,19)/b6-5+. The Labute approximate surface area is 120 Å². The van der Waals surface area contributed by atoms with Gasteiger partial charge in [-0.25, -0.2) is 9.97 Å². The van der Waals surface area contributed by atoms with E-state index in [2.05, 4.69) is 15.3 Å². The van der Waals surface area contributed by atoms with E-state index in [0.717, 1.165) is 0 Å². The number of carbonyl (C=O) groups is 1. The molecule has 2 aromatic rings. The van der Waals surface area contributed by atoms with Crippen LogP contribution in [0, 0.1) is 0 Å². The first-order valence-electron chi connectivity index (χ1n) is 5.37. The Morgan fingerprint density at radius 1 is 1.11 bits per heavy atom. The van der Waals surface area contributed by atoms with Crippen LogP contribution in [0.5, 0.6) is 0 Å². The van der Waals surface area contributed by atoms with E-state index in [-0.39, 0.29) is 11.9 Å². The molecule has 1 aromatic carbocycles. The molecule has 6 heteroatoms. The first kappa shape index (κ1) is 13.5. The van der Waals surface area contributed by atoms with Gasteiger partial charge in [-0.05, 0) is 24.3 Å². The first-order chi connectivity index (χ1) is 9.16. The summed E-state index contributed by atoms with van der Waals surface area (Å²) in [6.45, 7) is 0. The van der Waals surface area contributed by atoms with Crippen LogP contribution in [-0.4, -0.2) is 15.9 Å². The van der Waals surface area contributed by atoms with Crippen LogP contribution in [-0.2, 0) is 4.79 Å². The average molecular weight is 294 g/mol. The molecule has 96 valence electrons. The van der Waals surface area contributed by atoms with Gasteiger partial charge in [0.15, 0.2) is 0 Å². The summed E-state index contributed by atoms with van der Waals surface area (Å²) in [5, 5.41) is 3.48. The number of hydrogen-bond acceptors (Lipinski definition) is 3. The number of benzene rings is 1. The van der Waals surface area contributed by atoms with Gasteiger partial charge in [0, 0.05) is 34.1 Å². The van der Waals surface area contributed by atoms with E-state index in [1.54, 1.807) is 30.3 Å². The minimum atomic E-state index is -0.359. The summed E-state index contributed by atoms with van der Waals surface area (Å²) in [6.07, 6.45) is 5.95. The molecule has 1 aromatic heterocycles. The van der Waals surface area contributed by atoms with E-state index < -0.39 is 0 Å². The van der Waals surface area contributed by atoms with Crippen LogP contribution < -0.4 is 5.32 Å². The van der Waals surface area contributed by atoms with Crippen molar-refractivity contribution in [1.29, 1.82) is 0 Å². The maximum absolute atomic E-state index is 11.6. The van der Waals surface area contributed by atoms with E-state index >= 15 is 0 Å². The van der Waals surface area contributed by atoms with Gasteiger partial charge < -0.3 is 0 Å². The number of halogens is 2. The number of aromatic nitrogens is 2. The zero-order valence-corrected chi connectivity index (χ0v) is 11.2. The minimum absolute atomic E-state index is 0.238. The molecule has 0 bridgehead atoms. The lowest BCUT2D eigenvalue weighted by Gasteiger charge is -2.01. The van der Waals surface area contributed by atoms with Gasteiger partial charge in [-0.2, -0.15) is 0 Å². The average Bonchev–Trinajstić information content (AvgIpc) is 2.39. The lowest BCUT2D eigenvalue weighted by atomic mass is 10.2. The second kappa shape index (κ2) is 6.31. The molecule has 1 N–H and O–H groups in total. The maximum Gasteiger partial charge on any atom is 0.250 e. The molecule has 0 saturated heterocycles. The van der Waals surface area contributed by atoms with Gasteiger partial charge >= 0.3 is 0 Å². The number of nitrogens with one attached hydrogen (secondary N) is 1. The van der Waals surface area contributed by atoms with Gasteiger partial charge in [-0.15, -0.1) is 0 Å². The summed E-state index contributed by atoms with van der Waals surface area (Å²) in [6, 6.07) is 6.80. The molecule has 0 aliphatic rings. The van der Waals surface area contributed by atoms with E-state index in [9.17, 15) is 4.79 Å². The van der Waals surface area contributed by atoms with Crippen LogP contribution >= 0.6 is 23.2 Å². The molecule has 0 spiro atoms. The topological polar surface area (TPSA) is 54.9 Å². The zero-order chi connectivity index (χ0) is 13.7. The van der Waals surface area contributed by atoms with E-state index in [0.29, 0.717) is 15.6 Å². The summed E-state index contributed by atoms with van der Waals surface area (Å²) in [4.78, 5) is 19.4. The summed E-state index contributed by atoms with van der Waals surface area (Å²) in [7, 11) is 0. The number of carbonyl (C=O) groups excluding carboxylic acids is 1. The van der Waals surface area contributed by atoms with Gasteiger partial charge in [-0.3, -0.25) is 10.1 Å². The Hall–Kier alpha value is -1.91. The van der Waals surface area contributed by atoms with Crippen molar-refractivity contribution in [2.45, 2.75) is 0 Å². The Balaban J connectivity index is 2.09. The summed E-state index contributed by atoms with van der Waals surface area (Å²) >= 11 is 12.0. The van der Waals surface area contributed by atoms with Crippen LogP contribution in [0.25, 0.3) is 6.08 Å². The molecule has 2 rings (SSSR count). The monoisotopic (exact) mass is 293 g/mol. The smallest absolute Gasteiger partial charge is 0.250 e. The van der Waals surface area contributed by atoms with E-state index in [4.69, 9.17) is 23.2 Å². The molecule has 0 radical (unpaired) electrons. The summed E-state index contributed by atoms with van der Waals surface area (Å²) < 4.78 is 0. The second-order valence-electron chi connectivity index (χ2n) is 3.53. The SMILES string of the molecule is O=C(/C=C/c1c(Cl)cccc1Cl)Nc1ncccn1. The van der Waals surface area contributed by atoms with Crippen molar-refractivity contribution in [3.63, 3.8) is 0 Å². The van der Waals surface area contributed by atoms with Gasteiger partial charge in [0.05, 0.1) is 0 Å². The van der Waals surface area contributed by atoms with Crippen molar-refractivity contribution in [1.82, 2.24) is 9.97 Å². The number of rotatable bonds is 3. The number of nitrogens with zero attached hydrogens (tertiary/aromatic N) is 2. The lowest BCUT2D eigenvalue weighted by Crippen LogP contribution is -2.10. The van der Waals surface area contributed by atoms with Crippen molar-refractivity contribution >= 4 is 41.1 Å². The van der Waals surface area contributed by atoms with Gasteiger partial charge in [0.25, 0.3) is 5.91 Å². The van der Waals surface area contributed by atoms with Crippen molar-refractivity contribution in [3.05, 3.63) is 58.3 Å². The summed E-state index contributed by atoms with van der Waals surface area (Å²) in [5.74, 6) is -0.121. The highest BCUT2D eigenvalue weighted by Gasteiger charge is 2.03. The van der Waals surface area contributed by atoms with Gasteiger partial charge in [0.2, 0.25) is 5.95 Å². The van der Waals surface area contributed by atoms with E-state index in [1.807, 2.05) is 0 Å². The fourth-order valence-corrected chi connectivity index (χ4v) is 1.87. The fourth-order valence-electron chi connectivity index (χ4n) is 1.34. The Bertz CT molecular complexity index is 594. The molecule has 0 aliphatic heterocycles. The number of amides is 1. The second-order valence-corrected chi connectivity index (χ2v) is 4.34.